The molecule has 1 aromatic carbocycles. The van der Waals surface area contributed by atoms with Crippen molar-refractivity contribution in [3.8, 4) is 11.5 Å². The van der Waals surface area contributed by atoms with E-state index in [2.05, 4.69) is 24.1 Å². The van der Waals surface area contributed by atoms with Gasteiger partial charge in [-0.3, -0.25) is 0 Å². The molecule has 4 heteroatoms. The summed E-state index contributed by atoms with van der Waals surface area (Å²) in [7, 11) is 3.91. The Morgan fingerprint density at radius 2 is 2.36 bits per heavy atom. The molecule has 4 nitrogen and oxygen atoms in total. The first-order valence-electron chi connectivity index (χ1n) is 8.49. The Balaban J connectivity index is 1.80. The Morgan fingerprint density at radius 1 is 1.45 bits per heavy atom. The fourth-order valence-electron chi connectivity index (χ4n) is 5.37. The smallest absolute Gasteiger partial charge is 0.211 e. The molecule has 4 aliphatic rings. The SMILES string of the molecule is [2H]OC1C=C[C@H]2[C@H]3Cc4ccc(OC)c5c4[C@@]2(CCN3C)C1O5. The molecule has 5 atom stereocenters. The third-order valence-electron chi connectivity index (χ3n) is 6.34. The van der Waals surface area contributed by atoms with Gasteiger partial charge in [0.2, 0.25) is 1.43 Å². The number of ether oxygens (including phenoxy) is 2. The van der Waals surface area contributed by atoms with Crippen molar-refractivity contribution in [2.45, 2.75) is 36.5 Å². The highest BCUT2D eigenvalue weighted by molar-refractivity contribution is 5.62. The van der Waals surface area contributed by atoms with E-state index >= 15 is 0 Å². The summed E-state index contributed by atoms with van der Waals surface area (Å²) in [5, 5.41) is 5.02. The van der Waals surface area contributed by atoms with Crippen LogP contribution in [-0.2, 0) is 11.8 Å². The summed E-state index contributed by atoms with van der Waals surface area (Å²) in [4.78, 5) is 2.48. The first-order chi connectivity index (χ1) is 11.2. The number of likely N-dealkylation sites (N-methyl/N-ethyl adjacent to an activating group) is 1. The molecule has 2 aliphatic heterocycles. The van der Waals surface area contributed by atoms with Gasteiger partial charge >= 0.3 is 0 Å². The molecule has 1 N–H and O–H groups in total. The zero-order valence-electron chi connectivity index (χ0n) is 13.9. The molecule has 1 fully saturated rings. The van der Waals surface area contributed by atoms with Crippen LogP contribution in [0.15, 0.2) is 24.3 Å². The quantitative estimate of drug-likeness (QED) is 0.841. The van der Waals surface area contributed by atoms with Gasteiger partial charge in [0.25, 0.3) is 0 Å². The number of rotatable bonds is 2. The van der Waals surface area contributed by atoms with Gasteiger partial charge in [0, 0.05) is 22.9 Å². The summed E-state index contributed by atoms with van der Waals surface area (Å²) in [6, 6.07) is 4.70. The van der Waals surface area contributed by atoms with E-state index in [4.69, 9.17) is 16.0 Å². The fourth-order valence-corrected chi connectivity index (χ4v) is 5.37. The van der Waals surface area contributed by atoms with Crippen molar-refractivity contribution < 1.29 is 14.6 Å². The van der Waals surface area contributed by atoms with E-state index < -0.39 is 0 Å². The average Bonchev–Trinajstić information content (AvgIpc) is 2.92. The maximum absolute atomic E-state index is 7.49. The third kappa shape index (κ3) is 1.28. The lowest BCUT2D eigenvalue weighted by molar-refractivity contribution is -0.0453. The number of aliphatic hydroxyl groups excluding tert-OH is 1. The Hall–Kier alpha value is -1.52. The first-order valence-corrected chi connectivity index (χ1v) is 8.08. The zero-order chi connectivity index (χ0) is 15.8. The topological polar surface area (TPSA) is 41.9 Å². The number of benzene rings is 1. The number of methoxy groups -OCH3 is 1. The zero-order valence-corrected chi connectivity index (χ0v) is 12.9. The number of piperidine rings is 1. The lowest BCUT2D eigenvalue weighted by Gasteiger charge is -2.56. The summed E-state index contributed by atoms with van der Waals surface area (Å²) in [5.74, 6) is 2.10. The van der Waals surface area contributed by atoms with E-state index in [9.17, 15) is 0 Å². The molecule has 0 aromatic heterocycles. The van der Waals surface area contributed by atoms with Crippen LogP contribution < -0.4 is 9.47 Å². The number of hydrogen-bond donors (Lipinski definition) is 1. The van der Waals surface area contributed by atoms with Crippen LogP contribution in [0.3, 0.4) is 0 Å². The Kier molecular flexibility index (Phi) is 2.21. The predicted molar refractivity (Wildman–Crippen MR) is 82.5 cm³/mol. The molecule has 0 saturated carbocycles. The van der Waals surface area contributed by atoms with Crippen LogP contribution in [0.5, 0.6) is 11.5 Å². The minimum atomic E-state index is -0.321. The van der Waals surface area contributed by atoms with Crippen molar-refractivity contribution in [3.63, 3.8) is 0 Å². The molecular weight excluding hydrogens is 278 g/mol. The second-order valence-electron chi connectivity index (χ2n) is 7.09. The molecule has 116 valence electrons. The summed E-state index contributed by atoms with van der Waals surface area (Å²) in [6.45, 7) is 1.05. The van der Waals surface area contributed by atoms with Gasteiger partial charge in [-0.1, -0.05) is 18.2 Å². The standard InChI is InChI=1S/C18H21NO3/c1-19-8-7-18-11-4-5-13(20)17(18)22-16-14(21-2)6-3-10(15(16)18)9-12(11)19/h3-6,11-13,17,20H,7-9H2,1-2H3/t11-,12+,13?,17?,18-/m0/s1/i20D. The molecular formula is C18H21NO3. The molecule has 2 heterocycles. The lowest BCUT2D eigenvalue weighted by Crippen LogP contribution is -2.64. The summed E-state index contributed by atoms with van der Waals surface area (Å²) >= 11 is 0. The number of hydrogen-bond acceptors (Lipinski definition) is 4. The van der Waals surface area contributed by atoms with E-state index in [1.165, 1.54) is 11.1 Å². The van der Waals surface area contributed by atoms with Crippen LogP contribution in [0.2, 0.25) is 0 Å². The fraction of sp³-hybridized carbons (Fsp3) is 0.556. The van der Waals surface area contributed by atoms with Crippen molar-refractivity contribution in [1.29, 1.82) is 1.43 Å². The van der Waals surface area contributed by atoms with Crippen LogP contribution in [0.25, 0.3) is 0 Å². The maximum atomic E-state index is 7.49. The van der Waals surface area contributed by atoms with Crippen molar-refractivity contribution in [3.05, 3.63) is 35.4 Å². The van der Waals surface area contributed by atoms with Crippen LogP contribution in [0.4, 0.5) is 0 Å². The lowest BCUT2D eigenvalue weighted by atomic mass is 9.53. The molecule has 2 bridgehead atoms. The second-order valence-corrected chi connectivity index (χ2v) is 7.09. The molecule has 0 amide bonds. The molecule has 1 spiro atoms. The minimum Gasteiger partial charge on any atom is -0.493 e. The number of likely N-dealkylation sites (tertiary alicyclic amines) is 1. The van der Waals surface area contributed by atoms with Crippen molar-refractivity contribution >= 4 is 0 Å². The molecule has 22 heavy (non-hydrogen) atoms. The molecule has 1 saturated heterocycles. The number of aliphatic hydroxyl groups is 1. The van der Waals surface area contributed by atoms with Gasteiger partial charge in [-0.05, 0) is 38.1 Å². The van der Waals surface area contributed by atoms with E-state index in [0.29, 0.717) is 12.0 Å². The van der Waals surface area contributed by atoms with Crippen LogP contribution in [0.1, 0.15) is 17.5 Å². The van der Waals surface area contributed by atoms with E-state index in [1.807, 2.05) is 12.1 Å². The Bertz CT molecular complexity index is 706. The van der Waals surface area contributed by atoms with Crippen LogP contribution in [-0.4, -0.2) is 50.4 Å². The molecule has 0 radical (unpaired) electrons. The Labute approximate surface area is 131 Å². The van der Waals surface area contributed by atoms with Gasteiger partial charge in [0.05, 0.1) is 7.11 Å². The van der Waals surface area contributed by atoms with Crippen molar-refractivity contribution in [2.24, 2.45) is 5.92 Å². The van der Waals surface area contributed by atoms with Crippen molar-refractivity contribution in [1.82, 2.24) is 4.90 Å². The highest BCUT2D eigenvalue weighted by Gasteiger charge is 2.64. The van der Waals surface area contributed by atoms with Gasteiger partial charge in [-0.25, -0.2) is 0 Å². The summed E-state index contributed by atoms with van der Waals surface area (Å²) in [6.07, 6.45) is 5.93. The highest BCUT2D eigenvalue weighted by atomic mass is 16.5. The molecule has 2 unspecified atom stereocenters. The van der Waals surface area contributed by atoms with Gasteiger partial charge in [0.1, 0.15) is 12.2 Å². The van der Waals surface area contributed by atoms with E-state index in [1.54, 1.807) is 7.11 Å². The third-order valence-corrected chi connectivity index (χ3v) is 6.34. The number of nitrogens with zero attached hydrogens (tertiary/aromatic N) is 1. The van der Waals surface area contributed by atoms with Crippen molar-refractivity contribution in [2.75, 3.05) is 20.7 Å². The monoisotopic (exact) mass is 300 g/mol. The predicted octanol–water partition coefficient (Wildman–Crippen LogP) is 1.50. The minimum absolute atomic E-state index is 0.0743. The molecule has 5 rings (SSSR count). The average molecular weight is 300 g/mol. The van der Waals surface area contributed by atoms with E-state index in [-0.39, 0.29) is 17.6 Å². The van der Waals surface area contributed by atoms with Gasteiger partial charge in [-0.15, -0.1) is 0 Å². The first kappa shape index (κ1) is 12.0. The summed E-state index contributed by atoms with van der Waals surface area (Å²) in [5.41, 5.74) is 2.62. The molecule has 1 aromatic rings. The summed E-state index contributed by atoms with van der Waals surface area (Å²) < 4.78 is 19.4. The van der Waals surface area contributed by atoms with Gasteiger partial charge in [0.15, 0.2) is 11.5 Å². The van der Waals surface area contributed by atoms with Gasteiger partial charge in [-0.2, -0.15) is 0 Å². The Morgan fingerprint density at radius 3 is 3.18 bits per heavy atom. The van der Waals surface area contributed by atoms with Crippen LogP contribution in [0, 0.1) is 5.92 Å². The second kappa shape index (κ2) is 4.06. The van der Waals surface area contributed by atoms with E-state index in [0.717, 1.165) is 30.9 Å². The van der Waals surface area contributed by atoms with Gasteiger partial charge < -0.3 is 19.5 Å². The normalized spacial score (nSPS) is 41.6. The maximum Gasteiger partial charge on any atom is 0.211 e. The van der Waals surface area contributed by atoms with Crippen LogP contribution >= 0.6 is 0 Å². The largest absolute Gasteiger partial charge is 0.493 e. The highest BCUT2D eigenvalue weighted by Crippen LogP contribution is 2.62. The molecule has 2 aliphatic carbocycles.